The van der Waals surface area contributed by atoms with E-state index >= 15 is 0 Å². The molecule has 5 heteroatoms. The Morgan fingerprint density at radius 2 is 1.42 bits per heavy atom. The third-order valence-corrected chi connectivity index (χ3v) is 5.11. The van der Waals surface area contributed by atoms with Crippen LogP contribution in [0.15, 0.2) is 85.5 Å². The molecule has 0 atom stereocenters. The lowest BCUT2D eigenvalue weighted by molar-refractivity contribution is 0.247. The average Bonchev–Trinajstić information content (AvgIpc) is 2.81. The summed E-state index contributed by atoms with van der Waals surface area (Å²) in [7, 11) is 1.69. The van der Waals surface area contributed by atoms with Gasteiger partial charge in [-0.15, -0.1) is 0 Å². The molecule has 0 spiro atoms. The number of aryl methyl sites for hydroxylation is 1. The molecule has 156 valence electrons. The molecule has 0 N–H and O–H groups in total. The molecule has 4 rings (SSSR count). The van der Waals surface area contributed by atoms with Crippen LogP contribution in [0.4, 0.5) is 0 Å². The summed E-state index contributed by atoms with van der Waals surface area (Å²) >= 11 is 0. The summed E-state index contributed by atoms with van der Waals surface area (Å²) in [4.78, 5) is 15.7. The molecular formula is C26H26N4O. The highest BCUT2D eigenvalue weighted by atomic mass is 16.5. The van der Waals surface area contributed by atoms with E-state index in [4.69, 9.17) is 4.74 Å². The summed E-state index contributed by atoms with van der Waals surface area (Å²) in [6.45, 7) is 4.45. The molecule has 4 aromatic rings. The summed E-state index contributed by atoms with van der Waals surface area (Å²) in [5.74, 6) is 1.62. The van der Waals surface area contributed by atoms with Crippen LogP contribution in [0.2, 0.25) is 0 Å². The maximum Gasteiger partial charge on any atom is 0.159 e. The lowest BCUT2D eigenvalue weighted by Crippen LogP contribution is -2.22. The average molecular weight is 411 g/mol. The van der Waals surface area contributed by atoms with Gasteiger partial charge in [-0.05, 0) is 48.4 Å². The van der Waals surface area contributed by atoms with E-state index < -0.39 is 0 Å². The van der Waals surface area contributed by atoms with Crippen molar-refractivity contribution in [2.24, 2.45) is 0 Å². The fourth-order valence-electron chi connectivity index (χ4n) is 3.53. The zero-order chi connectivity index (χ0) is 21.5. The fraction of sp³-hybridized carbons (Fsp3) is 0.192. The van der Waals surface area contributed by atoms with E-state index in [1.165, 1.54) is 16.7 Å². The molecule has 0 radical (unpaired) electrons. The van der Waals surface area contributed by atoms with Gasteiger partial charge in [0.25, 0.3) is 0 Å². The van der Waals surface area contributed by atoms with Crippen LogP contribution < -0.4 is 4.74 Å². The number of aromatic nitrogens is 3. The minimum absolute atomic E-state index is 0.752. The van der Waals surface area contributed by atoms with E-state index in [0.29, 0.717) is 0 Å². The third-order valence-electron chi connectivity index (χ3n) is 5.11. The summed E-state index contributed by atoms with van der Waals surface area (Å²) in [6, 6.07) is 20.6. The first-order valence-corrected chi connectivity index (χ1v) is 10.3. The van der Waals surface area contributed by atoms with Crippen LogP contribution >= 0.6 is 0 Å². The zero-order valence-corrected chi connectivity index (χ0v) is 17.9. The zero-order valence-electron chi connectivity index (χ0n) is 17.9. The molecule has 0 aliphatic rings. The Balaban J connectivity index is 1.51. The van der Waals surface area contributed by atoms with Gasteiger partial charge in [-0.2, -0.15) is 0 Å². The topological polar surface area (TPSA) is 51.1 Å². The second-order valence-corrected chi connectivity index (χ2v) is 7.63. The van der Waals surface area contributed by atoms with E-state index in [1.54, 1.807) is 7.11 Å². The summed E-state index contributed by atoms with van der Waals surface area (Å²) in [5, 5.41) is 0. The highest BCUT2D eigenvalue weighted by Crippen LogP contribution is 2.19. The monoisotopic (exact) mass is 410 g/mol. The molecule has 0 saturated carbocycles. The molecule has 0 aliphatic carbocycles. The van der Waals surface area contributed by atoms with Gasteiger partial charge in [0.15, 0.2) is 5.82 Å². The minimum Gasteiger partial charge on any atom is -0.497 e. The number of benzene rings is 2. The molecular weight excluding hydrogens is 384 g/mol. The molecule has 31 heavy (non-hydrogen) atoms. The number of rotatable bonds is 8. The van der Waals surface area contributed by atoms with Crippen LogP contribution in [-0.2, 0) is 19.6 Å². The second kappa shape index (κ2) is 9.96. The van der Waals surface area contributed by atoms with Crippen LogP contribution in [-0.4, -0.2) is 27.0 Å². The maximum atomic E-state index is 5.28. The Morgan fingerprint density at radius 3 is 2.06 bits per heavy atom. The number of hydrogen-bond donors (Lipinski definition) is 0. The van der Waals surface area contributed by atoms with Crippen molar-refractivity contribution in [2.75, 3.05) is 7.11 Å². The van der Waals surface area contributed by atoms with Gasteiger partial charge in [0, 0.05) is 55.5 Å². The molecule has 2 aromatic heterocycles. The van der Waals surface area contributed by atoms with E-state index in [1.807, 2.05) is 49.1 Å². The van der Waals surface area contributed by atoms with Crippen molar-refractivity contribution in [1.29, 1.82) is 0 Å². The van der Waals surface area contributed by atoms with Gasteiger partial charge in [0.1, 0.15) is 5.75 Å². The van der Waals surface area contributed by atoms with E-state index in [0.717, 1.165) is 42.3 Å². The number of pyridine rings is 1. The van der Waals surface area contributed by atoms with E-state index in [-0.39, 0.29) is 0 Å². The molecule has 0 amide bonds. The quantitative estimate of drug-likeness (QED) is 0.406. The van der Waals surface area contributed by atoms with Crippen LogP contribution in [0.1, 0.15) is 22.3 Å². The largest absolute Gasteiger partial charge is 0.497 e. The summed E-state index contributed by atoms with van der Waals surface area (Å²) < 4.78 is 5.28. The predicted molar refractivity (Wildman–Crippen MR) is 122 cm³/mol. The Bertz CT molecular complexity index is 1100. The smallest absolute Gasteiger partial charge is 0.159 e. The van der Waals surface area contributed by atoms with Crippen molar-refractivity contribution in [3.05, 3.63) is 108 Å². The van der Waals surface area contributed by atoms with Crippen LogP contribution in [0, 0.1) is 6.92 Å². The van der Waals surface area contributed by atoms with Gasteiger partial charge in [-0.1, -0.05) is 35.9 Å². The molecule has 2 aromatic carbocycles. The van der Waals surface area contributed by atoms with Crippen molar-refractivity contribution >= 4 is 0 Å². The van der Waals surface area contributed by atoms with Gasteiger partial charge < -0.3 is 4.74 Å². The van der Waals surface area contributed by atoms with E-state index in [2.05, 4.69) is 63.2 Å². The highest BCUT2D eigenvalue weighted by molar-refractivity contribution is 5.55. The van der Waals surface area contributed by atoms with Gasteiger partial charge in [-0.25, -0.2) is 9.97 Å². The SMILES string of the molecule is COc1ccc(CN(Cc2ccncc2)Cc2cnc(-c3cccc(C)c3)nc2)cc1. The summed E-state index contributed by atoms with van der Waals surface area (Å²) in [5.41, 5.74) is 5.78. The molecule has 0 aliphatic heterocycles. The molecule has 0 unspecified atom stereocenters. The minimum atomic E-state index is 0.752. The Labute approximate surface area is 183 Å². The fourth-order valence-corrected chi connectivity index (χ4v) is 3.53. The van der Waals surface area contributed by atoms with Crippen molar-refractivity contribution in [2.45, 2.75) is 26.6 Å². The normalized spacial score (nSPS) is 10.9. The molecule has 0 bridgehead atoms. The van der Waals surface area contributed by atoms with E-state index in [9.17, 15) is 0 Å². The predicted octanol–water partition coefficient (Wildman–Crippen LogP) is 5.06. The Morgan fingerprint density at radius 1 is 0.774 bits per heavy atom. The Hall–Kier alpha value is -3.57. The van der Waals surface area contributed by atoms with Crippen LogP contribution in [0.25, 0.3) is 11.4 Å². The van der Waals surface area contributed by atoms with Crippen molar-refractivity contribution in [3.63, 3.8) is 0 Å². The number of ether oxygens (including phenoxy) is 1. The van der Waals surface area contributed by atoms with Gasteiger partial charge in [0.05, 0.1) is 7.11 Å². The lowest BCUT2D eigenvalue weighted by Gasteiger charge is -2.22. The molecule has 2 heterocycles. The third kappa shape index (κ3) is 5.74. The Kier molecular flexibility index (Phi) is 6.65. The van der Waals surface area contributed by atoms with Gasteiger partial charge >= 0.3 is 0 Å². The first kappa shape index (κ1) is 20.7. The number of methoxy groups -OCH3 is 1. The molecule has 0 saturated heterocycles. The van der Waals surface area contributed by atoms with Crippen LogP contribution in [0.5, 0.6) is 5.75 Å². The molecule has 0 fully saturated rings. The van der Waals surface area contributed by atoms with Crippen molar-refractivity contribution < 1.29 is 4.74 Å². The van der Waals surface area contributed by atoms with Gasteiger partial charge in [0.2, 0.25) is 0 Å². The molecule has 5 nitrogen and oxygen atoms in total. The first-order valence-electron chi connectivity index (χ1n) is 10.3. The number of nitrogens with zero attached hydrogens (tertiary/aromatic N) is 4. The maximum absolute atomic E-state index is 5.28. The van der Waals surface area contributed by atoms with Gasteiger partial charge in [-0.3, -0.25) is 9.88 Å². The first-order chi connectivity index (χ1) is 15.2. The summed E-state index contributed by atoms with van der Waals surface area (Å²) in [6.07, 6.45) is 7.53. The lowest BCUT2D eigenvalue weighted by atomic mass is 10.1. The van der Waals surface area contributed by atoms with Crippen LogP contribution in [0.3, 0.4) is 0 Å². The second-order valence-electron chi connectivity index (χ2n) is 7.63. The van der Waals surface area contributed by atoms with Crippen molar-refractivity contribution in [1.82, 2.24) is 19.9 Å². The number of hydrogen-bond acceptors (Lipinski definition) is 5. The highest BCUT2D eigenvalue weighted by Gasteiger charge is 2.10. The van der Waals surface area contributed by atoms with Crippen molar-refractivity contribution in [3.8, 4) is 17.1 Å². The standard InChI is InChI=1S/C26H26N4O/c1-20-4-3-5-24(14-20)26-28-15-23(16-29-26)19-30(18-22-10-12-27-13-11-22)17-21-6-8-25(31-2)9-7-21/h3-16H,17-19H2,1-2H3.